The summed E-state index contributed by atoms with van der Waals surface area (Å²) in [7, 11) is 0. The van der Waals surface area contributed by atoms with Gasteiger partial charge in [-0.15, -0.1) is 0 Å². The Kier molecular flexibility index (Phi) is 19.3. The minimum Gasteiger partial charge on any atom is -0.375 e. The molecule has 0 radical (unpaired) electrons. The zero-order valence-electron chi connectivity index (χ0n) is 31.2. The lowest BCUT2D eigenvalue weighted by molar-refractivity contribution is -0.130. The molecule has 0 saturated carbocycles. The second-order valence-electron chi connectivity index (χ2n) is 15.7. The number of benzene rings is 1. The second kappa shape index (κ2) is 20.8. The molecule has 0 aliphatic carbocycles. The monoisotopic (exact) mass is 771 g/mol. The molecule has 2 amide bonds. The molecule has 0 saturated heterocycles. The van der Waals surface area contributed by atoms with Gasteiger partial charge in [0, 0.05) is 40.5 Å². The molecule has 0 unspecified atom stereocenters. The fourth-order valence-electron chi connectivity index (χ4n) is 5.07. The van der Waals surface area contributed by atoms with Crippen molar-refractivity contribution in [3.63, 3.8) is 0 Å². The van der Waals surface area contributed by atoms with Crippen molar-refractivity contribution in [1.82, 2.24) is 16.0 Å². The van der Waals surface area contributed by atoms with Crippen LogP contribution in [0.3, 0.4) is 0 Å². The lowest BCUT2D eigenvalue weighted by atomic mass is 9.80. The highest BCUT2D eigenvalue weighted by Crippen LogP contribution is 2.25. The summed E-state index contributed by atoms with van der Waals surface area (Å²) in [6.07, 6.45) is 7.22. The molecular formula is C38H66IN3O5. The Morgan fingerprint density at radius 2 is 1.32 bits per heavy atom. The molecule has 0 bridgehead atoms. The average Bonchev–Trinajstić information content (AvgIpc) is 2.97. The summed E-state index contributed by atoms with van der Waals surface area (Å²) in [5.41, 5.74) is -0.0596. The number of Topliss-reactive ketones (excluding diaryl/α,β-unsaturated/α-hetero) is 1. The smallest absolute Gasteiger partial charge is 0.220 e. The number of halogens is 1. The van der Waals surface area contributed by atoms with E-state index in [2.05, 4.69) is 90.5 Å². The van der Waals surface area contributed by atoms with E-state index in [1.807, 2.05) is 41.5 Å². The fourth-order valence-corrected chi connectivity index (χ4v) is 5.43. The lowest BCUT2D eigenvalue weighted by Crippen LogP contribution is -2.51. The fraction of sp³-hybridized carbons (Fsp3) is 0.763. The summed E-state index contributed by atoms with van der Waals surface area (Å²) in [6, 6.07) is 8.23. The van der Waals surface area contributed by atoms with Gasteiger partial charge in [0.2, 0.25) is 11.8 Å². The van der Waals surface area contributed by atoms with E-state index in [0.717, 1.165) is 38.5 Å². The third-order valence-corrected chi connectivity index (χ3v) is 9.29. The summed E-state index contributed by atoms with van der Waals surface area (Å²) in [5, 5.41) is 9.50. The number of carbonyl (C=O) groups excluding carboxylic acids is 3. The number of carbonyl (C=O) groups is 3. The summed E-state index contributed by atoms with van der Waals surface area (Å²) in [6.45, 7) is 22.5. The first-order valence-corrected chi connectivity index (χ1v) is 18.7. The van der Waals surface area contributed by atoms with E-state index in [4.69, 9.17) is 9.47 Å². The number of hydrogen-bond donors (Lipinski definition) is 3. The van der Waals surface area contributed by atoms with Crippen LogP contribution in [0.2, 0.25) is 0 Å². The molecule has 9 heteroatoms. The lowest BCUT2D eigenvalue weighted by Gasteiger charge is -2.33. The summed E-state index contributed by atoms with van der Waals surface area (Å²) in [5.74, 6) is 0.339. The van der Waals surface area contributed by atoms with Crippen molar-refractivity contribution in [2.24, 2.45) is 5.41 Å². The number of hydrogen-bond acceptors (Lipinski definition) is 6. The van der Waals surface area contributed by atoms with Crippen molar-refractivity contribution in [1.29, 1.82) is 0 Å². The Morgan fingerprint density at radius 3 is 1.94 bits per heavy atom. The van der Waals surface area contributed by atoms with Gasteiger partial charge >= 0.3 is 0 Å². The number of nitrogens with one attached hydrogen (secondary N) is 3. The van der Waals surface area contributed by atoms with E-state index in [-0.39, 0.29) is 40.2 Å². The van der Waals surface area contributed by atoms with Crippen LogP contribution in [-0.2, 0) is 30.3 Å². The SMILES string of the molecule is CCC(C)(C)C(=O)[C@H](CCCCNC(=O)CCC(C)(C)OCCC(C)(C)OCCNC(=O)CCCc1ccc(I)cc1)NC(C)(C)C. The molecule has 0 aliphatic rings. The molecule has 1 atom stereocenters. The van der Waals surface area contributed by atoms with Gasteiger partial charge in [0.25, 0.3) is 0 Å². The van der Waals surface area contributed by atoms with E-state index in [0.29, 0.717) is 52.0 Å². The molecule has 1 rings (SSSR count). The molecule has 1 aromatic carbocycles. The van der Waals surface area contributed by atoms with Gasteiger partial charge in [0.1, 0.15) is 0 Å². The molecule has 0 heterocycles. The molecule has 0 spiro atoms. The number of unbranched alkanes of at least 4 members (excludes halogenated alkanes) is 1. The maximum Gasteiger partial charge on any atom is 0.220 e. The third-order valence-electron chi connectivity index (χ3n) is 8.57. The van der Waals surface area contributed by atoms with Gasteiger partial charge in [0.15, 0.2) is 5.78 Å². The van der Waals surface area contributed by atoms with Crippen LogP contribution in [0.5, 0.6) is 0 Å². The average molecular weight is 772 g/mol. The maximum absolute atomic E-state index is 13.1. The topological polar surface area (TPSA) is 106 Å². The second-order valence-corrected chi connectivity index (χ2v) is 16.9. The molecule has 1 aromatic rings. The van der Waals surface area contributed by atoms with Gasteiger partial charge in [-0.1, -0.05) is 32.9 Å². The van der Waals surface area contributed by atoms with E-state index < -0.39 is 5.60 Å². The van der Waals surface area contributed by atoms with Gasteiger partial charge in [-0.05, 0) is 140 Å². The molecule has 270 valence electrons. The highest BCUT2D eigenvalue weighted by atomic mass is 127. The Bertz CT molecular complexity index is 1080. The van der Waals surface area contributed by atoms with Crippen LogP contribution < -0.4 is 16.0 Å². The van der Waals surface area contributed by atoms with Crippen LogP contribution in [0, 0.1) is 8.99 Å². The molecule has 0 aromatic heterocycles. The Labute approximate surface area is 300 Å². The number of rotatable bonds is 24. The molecule has 3 N–H and O–H groups in total. The summed E-state index contributed by atoms with van der Waals surface area (Å²) >= 11 is 2.29. The van der Waals surface area contributed by atoms with Crippen LogP contribution >= 0.6 is 22.6 Å². The van der Waals surface area contributed by atoms with Crippen LogP contribution in [0.4, 0.5) is 0 Å². The first-order chi connectivity index (χ1) is 21.8. The number of amides is 2. The minimum atomic E-state index is -0.433. The predicted molar refractivity (Wildman–Crippen MR) is 202 cm³/mol. The molecule has 0 aliphatic heterocycles. The van der Waals surface area contributed by atoms with Crippen molar-refractivity contribution >= 4 is 40.2 Å². The van der Waals surface area contributed by atoms with Crippen molar-refractivity contribution in [2.75, 3.05) is 26.3 Å². The van der Waals surface area contributed by atoms with Crippen molar-refractivity contribution in [3.05, 3.63) is 33.4 Å². The van der Waals surface area contributed by atoms with Crippen molar-refractivity contribution in [2.45, 2.75) is 156 Å². The zero-order valence-corrected chi connectivity index (χ0v) is 33.4. The van der Waals surface area contributed by atoms with Crippen LogP contribution in [0.1, 0.15) is 133 Å². The normalized spacial score (nSPS) is 13.3. The summed E-state index contributed by atoms with van der Waals surface area (Å²) in [4.78, 5) is 37.9. The standard InChI is InChI=1S/C38H66IN3O5/c1-11-36(5,6)34(45)31(42-35(2,3)4)16-12-13-25-40-33(44)22-23-37(7,8)46-27-24-38(9,10)47-28-26-41-32(43)17-14-15-29-18-20-30(39)21-19-29/h18-21,31,42H,11-17,22-28H2,1-10H3,(H,40,44)(H,41,43)/t31-/m0/s1. The van der Waals surface area contributed by atoms with E-state index in [1.165, 1.54) is 9.13 Å². The highest BCUT2D eigenvalue weighted by Gasteiger charge is 2.33. The van der Waals surface area contributed by atoms with Crippen molar-refractivity contribution in [3.8, 4) is 0 Å². The van der Waals surface area contributed by atoms with Gasteiger partial charge in [0.05, 0.1) is 30.5 Å². The number of aryl methyl sites for hydroxylation is 1. The Morgan fingerprint density at radius 1 is 0.745 bits per heavy atom. The molecule has 8 nitrogen and oxygen atoms in total. The Balaban J connectivity index is 2.23. The van der Waals surface area contributed by atoms with Gasteiger partial charge in [-0.3, -0.25) is 14.4 Å². The van der Waals surface area contributed by atoms with E-state index in [1.54, 1.807) is 0 Å². The Hall–Kier alpha value is -1.56. The van der Waals surface area contributed by atoms with E-state index >= 15 is 0 Å². The highest BCUT2D eigenvalue weighted by molar-refractivity contribution is 14.1. The van der Waals surface area contributed by atoms with Crippen LogP contribution in [-0.4, -0.2) is 66.7 Å². The van der Waals surface area contributed by atoms with Crippen LogP contribution in [0.15, 0.2) is 24.3 Å². The zero-order chi connectivity index (χ0) is 35.7. The quantitative estimate of drug-likeness (QED) is 0.0742. The minimum absolute atomic E-state index is 0.0230. The maximum atomic E-state index is 13.1. The molecular weight excluding hydrogens is 705 g/mol. The van der Waals surface area contributed by atoms with Crippen molar-refractivity contribution < 1.29 is 23.9 Å². The third kappa shape index (κ3) is 20.5. The first kappa shape index (κ1) is 43.5. The number of ether oxygens (including phenoxy) is 2. The molecule has 47 heavy (non-hydrogen) atoms. The first-order valence-electron chi connectivity index (χ1n) is 17.6. The molecule has 0 fully saturated rings. The largest absolute Gasteiger partial charge is 0.375 e. The van der Waals surface area contributed by atoms with Gasteiger partial charge < -0.3 is 25.4 Å². The summed E-state index contributed by atoms with van der Waals surface area (Å²) < 4.78 is 13.4. The van der Waals surface area contributed by atoms with E-state index in [9.17, 15) is 14.4 Å². The van der Waals surface area contributed by atoms with Crippen LogP contribution in [0.25, 0.3) is 0 Å². The predicted octanol–water partition coefficient (Wildman–Crippen LogP) is 7.54. The van der Waals surface area contributed by atoms with Gasteiger partial charge in [-0.2, -0.15) is 0 Å². The number of ketones is 1. The van der Waals surface area contributed by atoms with Gasteiger partial charge in [-0.25, -0.2) is 0 Å².